The van der Waals surface area contributed by atoms with Gasteiger partial charge in [-0.25, -0.2) is 0 Å². The molecule has 1 saturated heterocycles. The van der Waals surface area contributed by atoms with Crippen molar-refractivity contribution in [2.24, 2.45) is 5.92 Å². The second-order valence-corrected chi connectivity index (χ2v) is 5.50. The molecule has 1 aliphatic heterocycles. The Balaban J connectivity index is 2.15. The minimum absolute atomic E-state index is 0.0888. The van der Waals surface area contributed by atoms with Gasteiger partial charge in [-0.1, -0.05) is 6.92 Å². The summed E-state index contributed by atoms with van der Waals surface area (Å²) in [6, 6.07) is 5.46. The van der Waals surface area contributed by atoms with Crippen molar-refractivity contribution in [2.75, 3.05) is 26.3 Å². The zero-order valence-electron chi connectivity index (χ0n) is 13.2. The number of carbonyl (C=O) groups excluding carboxylic acids is 1. The van der Waals surface area contributed by atoms with E-state index in [1.165, 1.54) is 0 Å². The molecule has 1 aromatic rings. The third kappa shape index (κ3) is 3.90. The summed E-state index contributed by atoms with van der Waals surface area (Å²) in [5, 5.41) is 0. The first-order valence-corrected chi connectivity index (χ1v) is 7.84. The van der Waals surface area contributed by atoms with Crippen LogP contribution in [0.2, 0.25) is 0 Å². The maximum absolute atomic E-state index is 12.6. The fourth-order valence-corrected chi connectivity index (χ4v) is 2.58. The summed E-state index contributed by atoms with van der Waals surface area (Å²) < 4.78 is 11.1. The number of likely N-dealkylation sites (tertiary alicyclic amines) is 1. The Kier molecular flexibility index (Phi) is 5.48. The fraction of sp³-hybridized carbons (Fsp3) is 0.588. The van der Waals surface area contributed by atoms with Crippen LogP contribution in [-0.4, -0.2) is 37.1 Å². The lowest BCUT2D eigenvalue weighted by molar-refractivity contribution is 0.0696. The molecule has 4 heteroatoms. The van der Waals surface area contributed by atoms with Crippen LogP contribution in [-0.2, 0) is 0 Å². The van der Waals surface area contributed by atoms with E-state index in [1.54, 1.807) is 6.07 Å². The minimum Gasteiger partial charge on any atom is -0.490 e. The van der Waals surface area contributed by atoms with Crippen molar-refractivity contribution in [3.63, 3.8) is 0 Å². The third-order valence-corrected chi connectivity index (χ3v) is 3.86. The Morgan fingerprint density at radius 1 is 1.14 bits per heavy atom. The van der Waals surface area contributed by atoms with Crippen molar-refractivity contribution in [2.45, 2.75) is 33.6 Å². The third-order valence-electron chi connectivity index (χ3n) is 3.86. The molecule has 21 heavy (non-hydrogen) atoms. The van der Waals surface area contributed by atoms with Crippen LogP contribution in [0.25, 0.3) is 0 Å². The number of hydrogen-bond acceptors (Lipinski definition) is 3. The molecule has 1 aromatic carbocycles. The van der Waals surface area contributed by atoms with E-state index in [2.05, 4.69) is 6.92 Å². The molecule has 1 amide bonds. The molecule has 1 fully saturated rings. The Morgan fingerprint density at radius 3 is 2.38 bits per heavy atom. The minimum atomic E-state index is 0.0888. The highest BCUT2D eigenvalue weighted by Gasteiger charge is 2.22. The molecule has 0 saturated carbocycles. The normalized spacial score (nSPS) is 15.9. The second-order valence-electron chi connectivity index (χ2n) is 5.50. The summed E-state index contributed by atoms with van der Waals surface area (Å²) >= 11 is 0. The van der Waals surface area contributed by atoms with Crippen LogP contribution >= 0.6 is 0 Å². The topological polar surface area (TPSA) is 38.8 Å². The zero-order valence-corrected chi connectivity index (χ0v) is 13.2. The molecule has 0 radical (unpaired) electrons. The van der Waals surface area contributed by atoms with E-state index in [0.717, 1.165) is 25.9 Å². The van der Waals surface area contributed by atoms with Crippen molar-refractivity contribution in [3.05, 3.63) is 23.8 Å². The molecule has 2 rings (SSSR count). The van der Waals surface area contributed by atoms with Gasteiger partial charge in [0.2, 0.25) is 0 Å². The summed E-state index contributed by atoms with van der Waals surface area (Å²) in [4.78, 5) is 14.5. The molecule has 116 valence electrons. The largest absolute Gasteiger partial charge is 0.490 e. The standard InChI is InChI=1S/C17H25NO3/c1-4-20-15-7-6-14(12-16(15)21-5-2)17(19)18-10-8-13(3)9-11-18/h6-7,12-13H,4-5,8-11H2,1-3H3. The van der Waals surface area contributed by atoms with Gasteiger partial charge in [0.25, 0.3) is 5.91 Å². The lowest BCUT2D eigenvalue weighted by Crippen LogP contribution is -2.37. The average Bonchev–Trinajstić information content (AvgIpc) is 2.49. The van der Waals surface area contributed by atoms with E-state index in [4.69, 9.17) is 9.47 Å². The Hall–Kier alpha value is -1.71. The first-order valence-electron chi connectivity index (χ1n) is 7.84. The van der Waals surface area contributed by atoms with Gasteiger partial charge in [-0.2, -0.15) is 0 Å². The van der Waals surface area contributed by atoms with Gasteiger partial charge in [-0.05, 0) is 50.8 Å². The van der Waals surface area contributed by atoms with Crippen molar-refractivity contribution in [1.82, 2.24) is 4.90 Å². The van der Waals surface area contributed by atoms with Gasteiger partial charge < -0.3 is 14.4 Å². The molecule has 1 heterocycles. The Labute approximate surface area is 127 Å². The van der Waals surface area contributed by atoms with E-state index < -0.39 is 0 Å². The molecule has 0 aliphatic carbocycles. The number of nitrogens with zero attached hydrogens (tertiary/aromatic N) is 1. The first-order chi connectivity index (χ1) is 10.2. The number of piperidine rings is 1. The molecular weight excluding hydrogens is 266 g/mol. The maximum Gasteiger partial charge on any atom is 0.253 e. The van der Waals surface area contributed by atoms with E-state index in [1.807, 2.05) is 30.9 Å². The number of carbonyl (C=O) groups is 1. The molecular formula is C17H25NO3. The number of amides is 1. The smallest absolute Gasteiger partial charge is 0.253 e. The van der Waals surface area contributed by atoms with Crippen molar-refractivity contribution < 1.29 is 14.3 Å². The van der Waals surface area contributed by atoms with E-state index in [0.29, 0.717) is 36.2 Å². The van der Waals surface area contributed by atoms with Gasteiger partial charge in [0.1, 0.15) is 0 Å². The maximum atomic E-state index is 12.6. The summed E-state index contributed by atoms with van der Waals surface area (Å²) in [7, 11) is 0. The lowest BCUT2D eigenvalue weighted by atomic mass is 9.98. The Bertz CT molecular complexity index is 479. The summed E-state index contributed by atoms with van der Waals surface area (Å²) in [6.07, 6.45) is 2.17. The van der Waals surface area contributed by atoms with Crippen LogP contribution in [0.3, 0.4) is 0 Å². The van der Waals surface area contributed by atoms with Crippen molar-refractivity contribution in [3.8, 4) is 11.5 Å². The van der Waals surface area contributed by atoms with E-state index >= 15 is 0 Å². The first kappa shape index (κ1) is 15.7. The van der Waals surface area contributed by atoms with Gasteiger partial charge in [-0.3, -0.25) is 4.79 Å². The van der Waals surface area contributed by atoms with Gasteiger partial charge >= 0.3 is 0 Å². The predicted molar refractivity (Wildman–Crippen MR) is 83.1 cm³/mol. The summed E-state index contributed by atoms with van der Waals surface area (Å²) in [5.74, 6) is 2.15. The average molecular weight is 291 g/mol. The van der Waals surface area contributed by atoms with Crippen LogP contribution in [0.5, 0.6) is 11.5 Å². The molecule has 4 nitrogen and oxygen atoms in total. The number of ether oxygens (including phenoxy) is 2. The molecule has 1 aliphatic rings. The molecule has 0 bridgehead atoms. The molecule has 0 unspecified atom stereocenters. The van der Waals surface area contributed by atoms with Crippen LogP contribution in [0.4, 0.5) is 0 Å². The van der Waals surface area contributed by atoms with Gasteiger partial charge in [-0.15, -0.1) is 0 Å². The van der Waals surface area contributed by atoms with E-state index in [9.17, 15) is 4.79 Å². The highest BCUT2D eigenvalue weighted by molar-refractivity contribution is 5.95. The van der Waals surface area contributed by atoms with Crippen molar-refractivity contribution >= 4 is 5.91 Å². The molecule has 0 N–H and O–H groups in total. The Morgan fingerprint density at radius 2 is 1.76 bits per heavy atom. The molecule has 0 aromatic heterocycles. The van der Waals surface area contributed by atoms with Crippen molar-refractivity contribution in [1.29, 1.82) is 0 Å². The van der Waals surface area contributed by atoms with Gasteiger partial charge in [0, 0.05) is 18.7 Å². The quantitative estimate of drug-likeness (QED) is 0.835. The van der Waals surface area contributed by atoms with E-state index in [-0.39, 0.29) is 5.91 Å². The summed E-state index contributed by atoms with van der Waals surface area (Å²) in [5.41, 5.74) is 0.677. The van der Waals surface area contributed by atoms with Crippen LogP contribution in [0, 0.1) is 5.92 Å². The molecule has 0 spiro atoms. The predicted octanol–water partition coefficient (Wildman–Crippen LogP) is 3.36. The number of rotatable bonds is 5. The zero-order chi connectivity index (χ0) is 15.2. The van der Waals surface area contributed by atoms with Crippen LogP contribution < -0.4 is 9.47 Å². The van der Waals surface area contributed by atoms with Crippen LogP contribution in [0.15, 0.2) is 18.2 Å². The highest BCUT2D eigenvalue weighted by Crippen LogP contribution is 2.29. The molecule has 0 atom stereocenters. The highest BCUT2D eigenvalue weighted by atomic mass is 16.5. The van der Waals surface area contributed by atoms with Gasteiger partial charge in [0.05, 0.1) is 13.2 Å². The lowest BCUT2D eigenvalue weighted by Gasteiger charge is -2.30. The fourth-order valence-electron chi connectivity index (χ4n) is 2.58. The summed E-state index contributed by atoms with van der Waals surface area (Å²) in [6.45, 7) is 8.93. The second kappa shape index (κ2) is 7.34. The monoisotopic (exact) mass is 291 g/mol. The SMILES string of the molecule is CCOc1ccc(C(=O)N2CCC(C)CC2)cc1OCC. The van der Waals surface area contributed by atoms with Crippen LogP contribution in [0.1, 0.15) is 44.0 Å². The van der Waals surface area contributed by atoms with Gasteiger partial charge in [0.15, 0.2) is 11.5 Å². The number of hydrogen-bond donors (Lipinski definition) is 0. The number of benzene rings is 1.